The number of azide groups is 1. The van der Waals surface area contributed by atoms with E-state index in [9.17, 15) is 4.39 Å². The van der Waals surface area contributed by atoms with E-state index < -0.39 is 5.82 Å². The van der Waals surface area contributed by atoms with Gasteiger partial charge in [-0.1, -0.05) is 5.11 Å². The molecule has 0 amide bonds. The molecule has 0 spiro atoms. The summed E-state index contributed by atoms with van der Waals surface area (Å²) in [5.74, 6) is 0.0975. The summed E-state index contributed by atoms with van der Waals surface area (Å²) in [5, 5.41) is 3.33. The predicted molar refractivity (Wildman–Crippen MR) is 64.2 cm³/mol. The van der Waals surface area contributed by atoms with Crippen molar-refractivity contribution in [2.24, 2.45) is 11.0 Å². The van der Waals surface area contributed by atoms with Crippen LogP contribution >= 0.6 is 0 Å². The van der Waals surface area contributed by atoms with Gasteiger partial charge in [-0.15, -0.1) is 0 Å². The summed E-state index contributed by atoms with van der Waals surface area (Å²) in [6, 6.07) is 4.18. The molecule has 0 aliphatic carbocycles. The standard InChI is InChI=1S/C12H14FN3O2/c13-11-7-10(15-16-14)1-2-12(11)18-8-9-3-5-17-6-4-9/h1-2,7,9H,3-6,8H2. The second-order valence-electron chi connectivity index (χ2n) is 4.17. The minimum absolute atomic E-state index is 0.193. The molecule has 1 heterocycles. The lowest BCUT2D eigenvalue weighted by Gasteiger charge is -2.22. The highest BCUT2D eigenvalue weighted by atomic mass is 19.1. The Morgan fingerprint density at radius 1 is 1.44 bits per heavy atom. The summed E-state index contributed by atoms with van der Waals surface area (Å²) in [6.45, 7) is 1.97. The highest BCUT2D eigenvalue weighted by Gasteiger charge is 2.15. The lowest BCUT2D eigenvalue weighted by molar-refractivity contribution is 0.0492. The van der Waals surface area contributed by atoms with E-state index in [1.165, 1.54) is 18.2 Å². The summed E-state index contributed by atoms with van der Waals surface area (Å²) >= 11 is 0. The van der Waals surface area contributed by atoms with Gasteiger partial charge in [0.05, 0.1) is 6.61 Å². The third kappa shape index (κ3) is 3.35. The lowest BCUT2D eigenvalue weighted by atomic mass is 10.0. The van der Waals surface area contributed by atoms with E-state index in [4.69, 9.17) is 15.0 Å². The molecular formula is C12H14FN3O2. The Hall–Kier alpha value is -1.78. The predicted octanol–water partition coefficient (Wildman–Crippen LogP) is 3.57. The molecule has 0 radical (unpaired) electrons. The van der Waals surface area contributed by atoms with E-state index in [1.54, 1.807) is 0 Å². The summed E-state index contributed by atoms with van der Waals surface area (Å²) in [7, 11) is 0. The average molecular weight is 251 g/mol. The van der Waals surface area contributed by atoms with Crippen LogP contribution in [0.15, 0.2) is 23.3 Å². The molecular weight excluding hydrogens is 237 g/mol. The van der Waals surface area contributed by atoms with Gasteiger partial charge in [0, 0.05) is 23.8 Å². The number of benzene rings is 1. The molecule has 96 valence electrons. The Kier molecular flexibility index (Phi) is 4.39. The molecule has 5 nitrogen and oxygen atoms in total. The third-order valence-corrected chi connectivity index (χ3v) is 2.89. The zero-order valence-electron chi connectivity index (χ0n) is 9.88. The Morgan fingerprint density at radius 2 is 2.22 bits per heavy atom. The third-order valence-electron chi connectivity index (χ3n) is 2.89. The van der Waals surface area contributed by atoms with Gasteiger partial charge in [0.15, 0.2) is 11.6 Å². The minimum atomic E-state index is -0.507. The zero-order valence-corrected chi connectivity index (χ0v) is 9.88. The Morgan fingerprint density at radius 3 is 2.89 bits per heavy atom. The SMILES string of the molecule is [N-]=[N+]=Nc1ccc(OCC2CCOCC2)c(F)c1. The van der Waals surface area contributed by atoms with Crippen LogP contribution in [0.2, 0.25) is 0 Å². The zero-order chi connectivity index (χ0) is 12.8. The van der Waals surface area contributed by atoms with Crippen LogP contribution in [0.25, 0.3) is 10.4 Å². The lowest BCUT2D eigenvalue weighted by Crippen LogP contribution is -2.21. The summed E-state index contributed by atoms with van der Waals surface area (Å²) in [4.78, 5) is 2.60. The number of hydrogen-bond acceptors (Lipinski definition) is 3. The van der Waals surface area contributed by atoms with Crippen molar-refractivity contribution in [1.29, 1.82) is 0 Å². The molecule has 0 atom stereocenters. The van der Waals surface area contributed by atoms with Crippen LogP contribution in [-0.2, 0) is 4.74 Å². The van der Waals surface area contributed by atoms with Gasteiger partial charge in [-0.3, -0.25) is 0 Å². The molecule has 1 aromatic carbocycles. The van der Waals surface area contributed by atoms with Crippen LogP contribution in [-0.4, -0.2) is 19.8 Å². The van der Waals surface area contributed by atoms with Crippen molar-refractivity contribution in [3.63, 3.8) is 0 Å². The van der Waals surface area contributed by atoms with Crippen LogP contribution in [0.1, 0.15) is 12.8 Å². The van der Waals surface area contributed by atoms with E-state index in [0.29, 0.717) is 12.5 Å². The molecule has 1 fully saturated rings. The average Bonchev–Trinajstić information content (AvgIpc) is 2.39. The number of nitrogens with zero attached hydrogens (tertiary/aromatic N) is 3. The minimum Gasteiger partial charge on any atom is -0.490 e. The molecule has 6 heteroatoms. The van der Waals surface area contributed by atoms with Crippen LogP contribution in [0.5, 0.6) is 5.75 Å². The van der Waals surface area contributed by atoms with Crippen LogP contribution in [0.4, 0.5) is 10.1 Å². The normalized spacial score (nSPS) is 16.1. The second-order valence-corrected chi connectivity index (χ2v) is 4.17. The summed E-state index contributed by atoms with van der Waals surface area (Å²) < 4.78 is 24.3. The molecule has 1 aliphatic rings. The topological polar surface area (TPSA) is 67.2 Å². The monoisotopic (exact) mass is 251 g/mol. The van der Waals surface area contributed by atoms with Gasteiger partial charge in [0.25, 0.3) is 0 Å². The van der Waals surface area contributed by atoms with Crippen LogP contribution in [0.3, 0.4) is 0 Å². The molecule has 18 heavy (non-hydrogen) atoms. The molecule has 0 aromatic heterocycles. The molecule has 1 saturated heterocycles. The first-order valence-corrected chi connectivity index (χ1v) is 5.85. The van der Waals surface area contributed by atoms with Gasteiger partial charge in [0.2, 0.25) is 0 Å². The van der Waals surface area contributed by atoms with Crippen molar-refractivity contribution in [2.45, 2.75) is 12.8 Å². The van der Waals surface area contributed by atoms with Crippen molar-refractivity contribution in [2.75, 3.05) is 19.8 Å². The number of halogens is 1. The highest BCUT2D eigenvalue weighted by molar-refractivity contribution is 5.42. The molecule has 0 N–H and O–H groups in total. The van der Waals surface area contributed by atoms with Crippen molar-refractivity contribution in [1.82, 2.24) is 0 Å². The quantitative estimate of drug-likeness (QED) is 0.466. The Balaban J connectivity index is 1.94. The fourth-order valence-electron chi connectivity index (χ4n) is 1.84. The smallest absolute Gasteiger partial charge is 0.165 e. The van der Waals surface area contributed by atoms with Gasteiger partial charge in [-0.2, -0.15) is 0 Å². The van der Waals surface area contributed by atoms with Crippen molar-refractivity contribution < 1.29 is 13.9 Å². The summed E-state index contributed by atoms with van der Waals surface area (Å²) in [6.07, 6.45) is 1.89. The fourth-order valence-corrected chi connectivity index (χ4v) is 1.84. The molecule has 2 rings (SSSR count). The van der Waals surface area contributed by atoms with Crippen molar-refractivity contribution in [3.05, 3.63) is 34.5 Å². The number of rotatable bonds is 4. The Labute approximate surface area is 104 Å². The molecule has 1 aromatic rings. The van der Waals surface area contributed by atoms with E-state index >= 15 is 0 Å². The van der Waals surface area contributed by atoms with Gasteiger partial charge in [-0.25, -0.2) is 4.39 Å². The maximum Gasteiger partial charge on any atom is 0.165 e. The Bertz CT molecular complexity index is 455. The maximum absolute atomic E-state index is 13.6. The highest BCUT2D eigenvalue weighted by Crippen LogP contribution is 2.24. The number of ether oxygens (including phenoxy) is 2. The van der Waals surface area contributed by atoms with Crippen LogP contribution < -0.4 is 4.74 Å². The first-order chi connectivity index (χ1) is 8.79. The maximum atomic E-state index is 13.6. The van der Waals surface area contributed by atoms with E-state index in [0.717, 1.165) is 26.1 Å². The van der Waals surface area contributed by atoms with Crippen molar-refractivity contribution >= 4 is 5.69 Å². The van der Waals surface area contributed by atoms with Gasteiger partial charge in [0.1, 0.15) is 0 Å². The number of hydrogen-bond donors (Lipinski definition) is 0. The second kappa shape index (κ2) is 6.23. The van der Waals surface area contributed by atoms with E-state index in [-0.39, 0.29) is 11.4 Å². The summed E-state index contributed by atoms with van der Waals surface area (Å²) in [5.41, 5.74) is 8.49. The van der Waals surface area contributed by atoms with E-state index in [1.807, 2.05) is 0 Å². The van der Waals surface area contributed by atoms with Gasteiger partial charge in [-0.05, 0) is 42.5 Å². The molecule has 0 saturated carbocycles. The molecule has 1 aliphatic heterocycles. The van der Waals surface area contributed by atoms with Crippen molar-refractivity contribution in [3.8, 4) is 5.75 Å². The van der Waals surface area contributed by atoms with Crippen LogP contribution in [0, 0.1) is 11.7 Å². The largest absolute Gasteiger partial charge is 0.490 e. The molecule has 0 unspecified atom stereocenters. The first kappa shape index (κ1) is 12.7. The van der Waals surface area contributed by atoms with Gasteiger partial charge >= 0.3 is 0 Å². The van der Waals surface area contributed by atoms with Gasteiger partial charge < -0.3 is 9.47 Å². The molecule has 0 bridgehead atoms. The fraction of sp³-hybridized carbons (Fsp3) is 0.500. The first-order valence-electron chi connectivity index (χ1n) is 5.85. The van der Waals surface area contributed by atoms with E-state index in [2.05, 4.69) is 10.0 Å².